The summed E-state index contributed by atoms with van der Waals surface area (Å²) < 4.78 is 0. The maximum Gasteiger partial charge on any atom is 0.145 e. The van der Waals surface area contributed by atoms with Crippen LogP contribution in [-0.4, -0.2) is 32.7 Å². The van der Waals surface area contributed by atoms with Gasteiger partial charge >= 0.3 is 0 Å². The molecule has 44 heavy (non-hydrogen) atoms. The molecule has 0 spiro atoms. The molecule has 1 aliphatic carbocycles. The molecule has 4 aromatic carbocycles. The first-order chi connectivity index (χ1) is 21.0. The summed E-state index contributed by atoms with van der Waals surface area (Å²) in [6.07, 6.45) is 4.70. The van der Waals surface area contributed by atoms with Gasteiger partial charge in [-0.3, -0.25) is 9.59 Å². The number of fused-ring (bicyclic) bond motifs is 2. The third-order valence-electron chi connectivity index (χ3n) is 7.37. The maximum absolute atomic E-state index is 11.1. The topological polar surface area (TPSA) is 80.2 Å². The van der Waals surface area contributed by atoms with Gasteiger partial charge in [0.05, 0.1) is 6.10 Å². The molecule has 6 heteroatoms. The van der Waals surface area contributed by atoms with E-state index in [1.54, 1.807) is 0 Å². The van der Waals surface area contributed by atoms with Gasteiger partial charge in [0.2, 0.25) is 0 Å². The summed E-state index contributed by atoms with van der Waals surface area (Å²) in [5.41, 5.74) is 4.08. The second-order valence-electron chi connectivity index (χ2n) is 10.3. The number of pyridine rings is 2. The quantitative estimate of drug-likeness (QED) is 0.148. The number of aromatic nitrogens is 2. The first kappa shape index (κ1) is 32.6. The van der Waals surface area contributed by atoms with Crippen LogP contribution in [-0.2, 0) is 29.7 Å². The van der Waals surface area contributed by atoms with Crippen LogP contribution in [0.5, 0.6) is 0 Å². The third kappa shape index (κ3) is 7.97. The van der Waals surface area contributed by atoms with E-state index in [1.807, 2.05) is 97.3 Å². The number of benzene rings is 4. The van der Waals surface area contributed by atoms with Crippen LogP contribution in [0.25, 0.3) is 44.1 Å². The second kappa shape index (κ2) is 15.9. The Morgan fingerprint density at radius 3 is 1.61 bits per heavy atom. The molecule has 2 atom stereocenters. The van der Waals surface area contributed by atoms with Crippen LogP contribution in [0.1, 0.15) is 26.2 Å². The number of ketones is 2. The van der Waals surface area contributed by atoms with Crippen LogP contribution in [0.3, 0.4) is 0 Å². The van der Waals surface area contributed by atoms with Crippen molar-refractivity contribution in [1.29, 1.82) is 0 Å². The molecule has 2 unspecified atom stereocenters. The van der Waals surface area contributed by atoms with Gasteiger partial charge in [-0.2, -0.15) is 0 Å². The summed E-state index contributed by atoms with van der Waals surface area (Å²) in [5.74, 6) is -1.04. The van der Waals surface area contributed by atoms with E-state index in [4.69, 9.17) is 0 Å². The predicted octanol–water partition coefficient (Wildman–Crippen LogP) is 7.71. The summed E-state index contributed by atoms with van der Waals surface area (Å²) in [4.78, 5) is 30.8. The zero-order valence-electron chi connectivity index (χ0n) is 24.3. The first-order valence-corrected chi connectivity index (χ1v) is 14.4. The number of hydrogen-bond donors (Lipinski definition) is 1. The number of Topliss-reactive ketones (excluding diaryl/α,β-unsaturated/α-hetero) is 2. The summed E-state index contributed by atoms with van der Waals surface area (Å²) in [6, 6.07) is 42.9. The Morgan fingerprint density at radius 1 is 0.727 bits per heavy atom. The van der Waals surface area contributed by atoms with Gasteiger partial charge in [0.15, 0.2) is 0 Å². The van der Waals surface area contributed by atoms with E-state index < -0.39 is 12.0 Å². The van der Waals surface area contributed by atoms with Crippen LogP contribution in [0.15, 0.2) is 122 Å². The number of nitrogens with zero attached hydrogens (tertiary/aromatic N) is 2. The summed E-state index contributed by atoms with van der Waals surface area (Å²) >= 11 is 0. The van der Waals surface area contributed by atoms with Gasteiger partial charge in [0.25, 0.3) is 0 Å². The number of aliphatic hydroxyl groups is 1. The predicted molar refractivity (Wildman–Crippen MR) is 171 cm³/mol. The summed E-state index contributed by atoms with van der Waals surface area (Å²) in [5, 5.41) is 14.0. The molecule has 0 aliphatic heterocycles. The monoisotopic (exact) mass is 757 g/mol. The van der Waals surface area contributed by atoms with Crippen molar-refractivity contribution in [3.63, 3.8) is 0 Å². The fourth-order valence-electron chi connectivity index (χ4n) is 5.27. The van der Waals surface area contributed by atoms with E-state index in [0.717, 1.165) is 22.5 Å². The molecule has 2 aromatic heterocycles. The fraction of sp³-hybridized carbons (Fsp3) is 0.158. The molecule has 0 bridgehead atoms. The Morgan fingerprint density at radius 2 is 1.20 bits per heavy atom. The number of carbonyl (C=O) groups is 2. The van der Waals surface area contributed by atoms with E-state index in [2.05, 4.69) is 46.4 Å². The average Bonchev–Trinajstić information content (AvgIpc) is 3.05. The van der Waals surface area contributed by atoms with E-state index in [9.17, 15) is 14.7 Å². The van der Waals surface area contributed by atoms with Gasteiger partial charge in [-0.25, -0.2) is 0 Å². The molecule has 1 fully saturated rings. The minimum atomic E-state index is -0.733. The van der Waals surface area contributed by atoms with Crippen molar-refractivity contribution in [1.82, 2.24) is 9.97 Å². The van der Waals surface area contributed by atoms with Crippen LogP contribution in [0.4, 0.5) is 0 Å². The van der Waals surface area contributed by atoms with Crippen molar-refractivity contribution < 1.29 is 34.8 Å². The molecule has 1 saturated carbocycles. The van der Waals surface area contributed by atoms with Gasteiger partial charge in [0, 0.05) is 38.9 Å². The second-order valence-corrected chi connectivity index (χ2v) is 10.3. The molecule has 1 radical (unpaired) electrons. The smallest absolute Gasteiger partial charge is 0.145 e. The SMILES string of the molecule is CC(=O)C1C(=O)CCCC1O.[Ir].[c-]1ccccc1-c1nccc2ccccc12.[c-]1ccccc1-c1nccc2ccccc12. The largest absolute Gasteiger partial charge is 0.392 e. The van der Waals surface area contributed by atoms with Crippen molar-refractivity contribution in [3.05, 3.63) is 134 Å². The van der Waals surface area contributed by atoms with Gasteiger partial charge < -0.3 is 15.1 Å². The van der Waals surface area contributed by atoms with Gasteiger partial charge in [-0.15, -0.1) is 71.8 Å². The molecule has 6 aromatic rings. The molecular weight excluding hydrogens is 725 g/mol. The Hall–Kier alpha value is -4.35. The van der Waals surface area contributed by atoms with E-state index in [1.165, 1.54) is 28.5 Å². The zero-order valence-corrected chi connectivity index (χ0v) is 26.7. The molecule has 5 nitrogen and oxygen atoms in total. The molecule has 7 rings (SSSR count). The fourth-order valence-corrected chi connectivity index (χ4v) is 5.27. The Labute approximate surface area is 271 Å². The van der Waals surface area contributed by atoms with Crippen LogP contribution in [0, 0.1) is 18.1 Å². The molecule has 1 N–H and O–H groups in total. The van der Waals surface area contributed by atoms with E-state index in [0.29, 0.717) is 19.3 Å². The van der Waals surface area contributed by atoms with E-state index in [-0.39, 0.29) is 31.7 Å². The molecular formula is C38H32IrN2O3-2. The molecule has 0 amide bonds. The number of carbonyl (C=O) groups excluding carboxylic acids is 2. The Bertz CT molecular complexity index is 1700. The van der Waals surface area contributed by atoms with Gasteiger partial charge in [-0.1, -0.05) is 48.5 Å². The van der Waals surface area contributed by atoms with Gasteiger partial charge in [0.1, 0.15) is 17.5 Å². The minimum Gasteiger partial charge on any atom is -0.392 e. The zero-order chi connectivity index (χ0) is 30.0. The van der Waals surface area contributed by atoms with Crippen molar-refractivity contribution in [2.75, 3.05) is 0 Å². The molecule has 2 heterocycles. The Kier molecular flexibility index (Phi) is 11.8. The number of aliphatic hydroxyl groups excluding tert-OH is 1. The van der Waals surface area contributed by atoms with Crippen molar-refractivity contribution in [2.45, 2.75) is 32.3 Å². The molecule has 0 saturated heterocycles. The molecule has 223 valence electrons. The van der Waals surface area contributed by atoms with Crippen LogP contribution in [0.2, 0.25) is 0 Å². The summed E-state index contributed by atoms with van der Waals surface area (Å²) in [6.45, 7) is 1.36. The van der Waals surface area contributed by atoms with Crippen LogP contribution < -0.4 is 0 Å². The Balaban J connectivity index is 0.000000152. The standard InChI is InChI=1S/2C15H10N.C8H12O3.Ir/c2*1-2-7-13(8-3-1)15-14-9-5-4-6-12(14)10-11-16-15;1-5(9)8-6(10)3-2-4-7(8)11;/h2*1-7,9-11H;6,8,10H,2-4H2,1H3;/q2*-1;;. The van der Waals surface area contributed by atoms with E-state index >= 15 is 0 Å². The summed E-state index contributed by atoms with van der Waals surface area (Å²) in [7, 11) is 0. The minimum absolute atomic E-state index is 0. The normalized spacial score (nSPS) is 15.6. The van der Waals surface area contributed by atoms with Crippen molar-refractivity contribution in [3.8, 4) is 22.5 Å². The first-order valence-electron chi connectivity index (χ1n) is 14.4. The average molecular weight is 757 g/mol. The van der Waals surface area contributed by atoms with Crippen molar-refractivity contribution in [2.24, 2.45) is 5.92 Å². The molecule has 1 aliphatic rings. The third-order valence-corrected chi connectivity index (χ3v) is 7.37. The van der Waals surface area contributed by atoms with Gasteiger partial charge in [-0.05, 0) is 64.8 Å². The van der Waals surface area contributed by atoms with Crippen LogP contribution >= 0.6 is 0 Å². The maximum atomic E-state index is 11.1. The number of rotatable bonds is 3. The van der Waals surface area contributed by atoms with Crippen molar-refractivity contribution >= 4 is 33.1 Å². The number of hydrogen-bond acceptors (Lipinski definition) is 5.